The van der Waals surface area contributed by atoms with Gasteiger partial charge in [0.1, 0.15) is 5.75 Å². The molecule has 2 amide bonds. The van der Waals surface area contributed by atoms with Crippen LogP contribution in [0, 0.1) is 5.92 Å². The third kappa shape index (κ3) is 4.85. The van der Waals surface area contributed by atoms with Gasteiger partial charge in [0.25, 0.3) is 0 Å². The second-order valence-corrected chi connectivity index (χ2v) is 5.84. The number of nitrogens with one attached hydrogen (secondary N) is 2. The minimum absolute atomic E-state index is 0. The van der Waals surface area contributed by atoms with Crippen LogP contribution in [-0.4, -0.2) is 39.1 Å². The number of rotatable bonds is 6. The molecule has 1 aliphatic heterocycles. The van der Waals surface area contributed by atoms with E-state index in [0.29, 0.717) is 30.9 Å². The first-order valence-corrected chi connectivity index (χ1v) is 8.00. The Morgan fingerprint density at radius 1 is 1.38 bits per heavy atom. The van der Waals surface area contributed by atoms with Gasteiger partial charge >= 0.3 is 0 Å². The molecule has 134 valence electrons. The molecular formula is C17H26ClN3O3. The largest absolute Gasteiger partial charge is 0.495 e. The summed E-state index contributed by atoms with van der Waals surface area (Å²) in [5, 5.41) is 5.89. The van der Waals surface area contributed by atoms with E-state index in [1.807, 2.05) is 20.0 Å². The quantitative estimate of drug-likeness (QED) is 0.822. The normalized spacial score (nSPS) is 15.5. The van der Waals surface area contributed by atoms with Crippen LogP contribution in [0.4, 0.5) is 11.4 Å². The molecule has 7 heteroatoms. The van der Waals surface area contributed by atoms with Crippen molar-refractivity contribution in [3.8, 4) is 5.75 Å². The lowest BCUT2D eigenvalue weighted by Gasteiger charge is -2.28. The van der Waals surface area contributed by atoms with Crippen molar-refractivity contribution in [2.24, 2.45) is 5.92 Å². The fourth-order valence-electron chi connectivity index (χ4n) is 2.70. The molecule has 1 aromatic rings. The molecule has 2 rings (SSSR count). The number of nitrogens with zero attached hydrogens (tertiary/aromatic N) is 1. The minimum atomic E-state index is -0.137. The van der Waals surface area contributed by atoms with Crippen molar-refractivity contribution < 1.29 is 14.3 Å². The topological polar surface area (TPSA) is 70.7 Å². The van der Waals surface area contributed by atoms with E-state index < -0.39 is 0 Å². The number of halogens is 1. The summed E-state index contributed by atoms with van der Waals surface area (Å²) in [7, 11) is 3.40. The van der Waals surface area contributed by atoms with Gasteiger partial charge in [-0.2, -0.15) is 0 Å². The van der Waals surface area contributed by atoms with E-state index in [1.54, 1.807) is 24.1 Å². The highest BCUT2D eigenvalue weighted by Crippen LogP contribution is 2.33. The second-order valence-electron chi connectivity index (χ2n) is 5.84. The lowest BCUT2D eigenvalue weighted by atomic mass is 10.1. The number of piperidine rings is 1. The van der Waals surface area contributed by atoms with Crippen molar-refractivity contribution in [1.82, 2.24) is 5.32 Å². The molecule has 1 fully saturated rings. The zero-order valence-corrected chi connectivity index (χ0v) is 15.2. The number of carbonyl (C=O) groups is 2. The summed E-state index contributed by atoms with van der Waals surface area (Å²) in [4.78, 5) is 26.1. The molecule has 0 spiro atoms. The first-order valence-electron chi connectivity index (χ1n) is 8.00. The first-order chi connectivity index (χ1) is 11.1. The number of hydrogen-bond donors (Lipinski definition) is 2. The summed E-state index contributed by atoms with van der Waals surface area (Å²) in [6.45, 7) is 3.16. The molecule has 0 radical (unpaired) electrons. The average molecular weight is 356 g/mol. The third-order valence-electron chi connectivity index (χ3n) is 4.02. The summed E-state index contributed by atoms with van der Waals surface area (Å²) in [5.41, 5.74) is 1.39. The highest BCUT2D eigenvalue weighted by molar-refractivity contribution is 5.98. The molecule has 1 aromatic carbocycles. The highest BCUT2D eigenvalue weighted by Gasteiger charge is 2.23. The van der Waals surface area contributed by atoms with Crippen LogP contribution in [-0.2, 0) is 9.59 Å². The number of carbonyl (C=O) groups excluding carboxylic acids is 2. The molecule has 1 atom stereocenters. The van der Waals surface area contributed by atoms with Crippen molar-refractivity contribution >= 4 is 35.6 Å². The van der Waals surface area contributed by atoms with Gasteiger partial charge in [0.05, 0.1) is 12.8 Å². The first kappa shape index (κ1) is 20.3. The maximum Gasteiger partial charge on any atom is 0.228 e. The van der Waals surface area contributed by atoms with Gasteiger partial charge in [-0.25, -0.2) is 0 Å². The SMILES string of the molecule is CNCC(C)C(=O)Nc1ccc(OC)c(N2CCCCC2=O)c1.Cl. The number of hydrogen-bond acceptors (Lipinski definition) is 4. The van der Waals surface area contributed by atoms with Crippen molar-refractivity contribution in [1.29, 1.82) is 0 Å². The lowest BCUT2D eigenvalue weighted by molar-refractivity contribution is -0.120. The molecule has 0 aromatic heterocycles. The van der Waals surface area contributed by atoms with Crippen molar-refractivity contribution in [3.63, 3.8) is 0 Å². The van der Waals surface area contributed by atoms with Crippen molar-refractivity contribution in [2.75, 3.05) is 37.5 Å². The Bertz CT molecular complexity index is 580. The minimum Gasteiger partial charge on any atom is -0.495 e. The fourth-order valence-corrected chi connectivity index (χ4v) is 2.70. The van der Waals surface area contributed by atoms with Crippen molar-refractivity contribution in [2.45, 2.75) is 26.2 Å². The zero-order chi connectivity index (χ0) is 16.8. The molecule has 1 heterocycles. The van der Waals surface area contributed by atoms with E-state index in [1.165, 1.54) is 0 Å². The Balaban J connectivity index is 0.00000288. The van der Waals surface area contributed by atoms with Crippen LogP contribution in [0.15, 0.2) is 18.2 Å². The van der Waals surface area contributed by atoms with Crippen LogP contribution in [0.25, 0.3) is 0 Å². The van der Waals surface area contributed by atoms with Gasteiger partial charge in [-0.15, -0.1) is 12.4 Å². The van der Waals surface area contributed by atoms with Gasteiger partial charge < -0.3 is 20.3 Å². The van der Waals surface area contributed by atoms with Crippen LogP contribution >= 0.6 is 12.4 Å². The molecule has 0 bridgehead atoms. The molecule has 1 saturated heterocycles. The summed E-state index contributed by atoms with van der Waals surface area (Å²) in [6.07, 6.45) is 2.46. The van der Waals surface area contributed by atoms with E-state index in [9.17, 15) is 9.59 Å². The van der Waals surface area contributed by atoms with Gasteiger partial charge in [-0.05, 0) is 38.1 Å². The van der Waals surface area contributed by atoms with E-state index in [-0.39, 0.29) is 30.1 Å². The molecule has 0 aliphatic carbocycles. The number of amides is 2. The molecule has 6 nitrogen and oxygen atoms in total. The van der Waals surface area contributed by atoms with Crippen LogP contribution in [0.3, 0.4) is 0 Å². The lowest BCUT2D eigenvalue weighted by Crippen LogP contribution is -2.35. The molecular weight excluding hydrogens is 330 g/mol. The van der Waals surface area contributed by atoms with E-state index in [0.717, 1.165) is 18.5 Å². The summed E-state index contributed by atoms with van der Waals surface area (Å²) in [5.74, 6) is 0.547. The van der Waals surface area contributed by atoms with Crippen molar-refractivity contribution in [3.05, 3.63) is 18.2 Å². The van der Waals surface area contributed by atoms with Gasteiger partial charge in [0, 0.05) is 31.1 Å². The number of methoxy groups -OCH3 is 1. The maximum atomic E-state index is 12.2. The Hall–Kier alpha value is -1.79. The molecule has 0 saturated carbocycles. The standard InChI is InChI=1S/C17H25N3O3.ClH/c1-12(11-18-2)17(22)19-13-7-8-15(23-3)14(10-13)20-9-5-4-6-16(20)21;/h7-8,10,12,18H,4-6,9,11H2,1-3H3,(H,19,22);1H. The highest BCUT2D eigenvalue weighted by atomic mass is 35.5. The summed E-state index contributed by atoms with van der Waals surface area (Å²) < 4.78 is 5.38. The average Bonchev–Trinajstić information content (AvgIpc) is 2.55. The molecule has 1 unspecified atom stereocenters. The Morgan fingerprint density at radius 2 is 2.12 bits per heavy atom. The zero-order valence-electron chi connectivity index (χ0n) is 14.4. The van der Waals surface area contributed by atoms with Crippen LogP contribution in [0.2, 0.25) is 0 Å². The predicted octanol–water partition coefficient (Wildman–Crippen LogP) is 2.43. The third-order valence-corrected chi connectivity index (χ3v) is 4.02. The van der Waals surface area contributed by atoms with Crippen LogP contribution in [0.5, 0.6) is 5.75 Å². The number of ether oxygens (including phenoxy) is 1. The van der Waals surface area contributed by atoms with Gasteiger partial charge in [0.15, 0.2) is 0 Å². The van der Waals surface area contributed by atoms with Crippen LogP contribution in [0.1, 0.15) is 26.2 Å². The molecule has 1 aliphatic rings. The smallest absolute Gasteiger partial charge is 0.228 e. The second kappa shape index (κ2) is 9.49. The summed E-state index contributed by atoms with van der Waals surface area (Å²) >= 11 is 0. The van der Waals surface area contributed by atoms with E-state index >= 15 is 0 Å². The monoisotopic (exact) mass is 355 g/mol. The van der Waals surface area contributed by atoms with Gasteiger partial charge in [0.2, 0.25) is 11.8 Å². The van der Waals surface area contributed by atoms with E-state index in [4.69, 9.17) is 4.74 Å². The van der Waals surface area contributed by atoms with E-state index in [2.05, 4.69) is 10.6 Å². The molecule has 2 N–H and O–H groups in total. The molecule has 24 heavy (non-hydrogen) atoms. The van der Waals surface area contributed by atoms with Gasteiger partial charge in [-0.3, -0.25) is 9.59 Å². The Labute approximate surface area is 149 Å². The fraction of sp³-hybridized carbons (Fsp3) is 0.529. The van der Waals surface area contributed by atoms with Gasteiger partial charge in [-0.1, -0.05) is 6.92 Å². The predicted molar refractivity (Wildman–Crippen MR) is 98.2 cm³/mol. The number of benzene rings is 1. The maximum absolute atomic E-state index is 12.2. The Morgan fingerprint density at radius 3 is 2.75 bits per heavy atom. The summed E-state index contributed by atoms with van der Waals surface area (Å²) in [6, 6.07) is 5.39. The van der Waals surface area contributed by atoms with Crippen LogP contribution < -0.4 is 20.3 Å². The Kier molecular flexibility index (Phi) is 8.01. The number of anilines is 2.